The van der Waals surface area contributed by atoms with Crippen molar-refractivity contribution in [2.75, 3.05) is 6.26 Å². The summed E-state index contributed by atoms with van der Waals surface area (Å²) in [5.41, 5.74) is 6.07. The average molecular weight is 500 g/mol. The van der Waals surface area contributed by atoms with E-state index in [4.69, 9.17) is 0 Å². The Kier molecular flexibility index (Phi) is 6.12. The molecule has 1 aliphatic carbocycles. The second-order valence-corrected chi connectivity index (χ2v) is 12.6. The van der Waals surface area contributed by atoms with E-state index in [1.54, 1.807) is 32.4 Å². The van der Waals surface area contributed by atoms with E-state index < -0.39 is 14.6 Å². The molecule has 1 fully saturated rings. The molecule has 2 heterocycles. The van der Waals surface area contributed by atoms with E-state index in [2.05, 4.69) is 21.4 Å². The molecule has 0 saturated heterocycles. The van der Waals surface area contributed by atoms with Crippen LogP contribution in [0, 0.1) is 0 Å². The number of hydrogen-bond acceptors (Lipinski definition) is 5. The van der Waals surface area contributed by atoms with E-state index in [1.165, 1.54) is 6.26 Å². The molecular weight excluding hydrogens is 470 g/mol. The van der Waals surface area contributed by atoms with Gasteiger partial charge in [0.1, 0.15) is 0 Å². The number of pyridine rings is 2. The van der Waals surface area contributed by atoms with Crippen LogP contribution in [-0.2, 0) is 25.8 Å². The molecule has 1 N–H and O–H groups in total. The second-order valence-electron chi connectivity index (χ2n) is 10.1. The molecule has 0 aliphatic heterocycles. The Morgan fingerprint density at radius 2 is 1.78 bits per heavy atom. The van der Waals surface area contributed by atoms with Gasteiger partial charge in [-0.3, -0.25) is 14.8 Å². The maximum Gasteiger partial charge on any atom is 0.224 e. The lowest BCUT2D eigenvalue weighted by Crippen LogP contribution is -2.28. The average Bonchev–Trinajstić information content (AvgIpc) is 3.66. The van der Waals surface area contributed by atoms with E-state index in [0.717, 1.165) is 57.1 Å². The third-order valence-corrected chi connectivity index (χ3v) is 9.03. The number of amides is 1. The van der Waals surface area contributed by atoms with Gasteiger partial charge in [0.15, 0.2) is 9.84 Å². The molecule has 0 bridgehead atoms. The van der Waals surface area contributed by atoms with E-state index in [0.29, 0.717) is 12.5 Å². The van der Waals surface area contributed by atoms with E-state index >= 15 is 0 Å². The normalized spacial score (nSPS) is 14.1. The molecule has 0 atom stereocenters. The zero-order valence-electron chi connectivity index (χ0n) is 20.7. The summed E-state index contributed by atoms with van der Waals surface area (Å²) in [4.78, 5) is 21.3. The fraction of sp³-hybridized carbons (Fsp3) is 0.276. The number of sulfone groups is 1. The van der Waals surface area contributed by atoms with Gasteiger partial charge in [0.25, 0.3) is 0 Å². The van der Waals surface area contributed by atoms with Crippen LogP contribution >= 0.6 is 0 Å². The Hall–Kier alpha value is -3.58. The van der Waals surface area contributed by atoms with Gasteiger partial charge in [0, 0.05) is 47.4 Å². The largest absolute Gasteiger partial charge is 0.353 e. The summed E-state index contributed by atoms with van der Waals surface area (Å²) in [5, 5.41) is 3.91. The van der Waals surface area contributed by atoms with Crippen molar-refractivity contribution in [3.05, 3.63) is 84.3 Å². The number of fused-ring (bicyclic) bond motifs is 1. The van der Waals surface area contributed by atoms with Gasteiger partial charge in [-0.2, -0.15) is 0 Å². The van der Waals surface area contributed by atoms with Crippen molar-refractivity contribution in [2.45, 2.75) is 43.9 Å². The third-order valence-electron chi connectivity index (χ3n) is 6.94. The highest BCUT2D eigenvalue weighted by molar-refractivity contribution is 7.91. The molecule has 0 unspecified atom stereocenters. The first-order valence-corrected chi connectivity index (χ1v) is 13.9. The first-order chi connectivity index (χ1) is 17.1. The molecule has 36 heavy (non-hydrogen) atoms. The highest BCUT2D eigenvalue weighted by Gasteiger charge is 2.33. The van der Waals surface area contributed by atoms with Crippen molar-refractivity contribution < 1.29 is 13.2 Å². The van der Waals surface area contributed by atoms with Crippen LogP contribution in [0.25, 0.3) is 33.2 Å². The zero-order chi connectivity index (χ0) is 25.5. The lowest BCUT2D eigenvalue weighted by Gasteiger charge is -2.24. The number of carbonyl (C=O) groups is 1. The van der Waals surface area contributed by atoms with E-state index in [-0.39, 0.29) is 5.91 Å². The molecule has 1 saturated carbocycles. The zero-order valence-corrected chi connectivity index (χ0v) is 21.5. The van der Waals surface area contributed by atoms with Gasteiger partial charge in [-0.05, 0) is 79.3 Å². The maximum atomic E-state index is 12.6. The number of hydrogen-bond donors (Lipinski definition) is 1. The van der Waals surface area contributed by atoms with Gasteiger partial charge in [-0.25, -0.2) is 8.42 Å². The molecule has 0 spiro atoms. The Bertz CT molecular complexity index is 1570. The summed E-state index contributed by atoms with van der Waals surface area (Å²) in [6, 6.07) is 18.0. The van der Waals surface area contributed by atoms with Crippen LogP contribution in [0.4, 0.5) is 0 Å². The summed E-state index contributed by atoms with van der Waals surface area (Å²) in [7, 11) is -3.35. The van der Waals surface area contributed by atoms with Crippen molar-refractivity contribution in [1.29, 1.82) is 0 Å². The molecule has 2 aromatic carbocycles. The third kappa shape index (κ3) is 4.88. The SMILES string of the molecule is CC(C)(c1cc(-c2cccc(-c3cncc(CC(=O)NC4CC4)c3)c2)c2ncccc2c1)S(C)(=O)=O. The minimum absolute atomic E-state index is 0.0213. The summed E-state index contributed by atoms with van der Waals surface area (Å²) < 4.78 is 24.1. The fourth-order valence-corrected chi connectivity index (χ4v) is 4.82. The number of benzene rings is 2. The number of aromatic nitrogens is 2. The minimum atomic E-state index is -3.35. The van der Waals surface area contributed by atoms with Gasteiger partial charge < -0.3 is 5.32 Å². The topological polar surface area (TPSA) is 89.0 Å². The quantitative estimate of drug-likeness (QED) is 0.384. The van der Waals surface area contributed by atoms with Crippen LogP contribution < -0.4 is 5.32 Å². The smallest absolute Gasteiger partial charge is 0.224 e. The molecule has 1 aliphatic rings. The Morgan fingerprint density at radius 1 is 1.00 bits per heavy atom. The van der Waals surface area contributed by atoms with Gasteiger partial charge in [0.05, 0.1) is 16.7 Å². The Balaban J connectivity index is 1.56. The molecule has 6 nitrogen and oxygen atoms in total. The van der Waals surface area contributed by atoms with E-state index in [9.17, 15) is 13.2 Å². The lowest BCUT2D eigenvalue weighted by molar-refractivity contribution is -0.120. The standard InChI is InChI=1S/C29H29N3O3S/c1-29(2,36(3,34)35)24-15-22-8-5-11-31-28(22)26(16-24)21-7-4-6-20(14-21)23-12-19(17-30-18-23)13-27(33)32-25-9-10-25/h4-8,11-12,14-18,25H,9-10,13H2,1-3H3,(H,32,33). The van der Waals surface area contributed by atoms with E-state index in [1.807, 2.05) is 48.5 Å². The van der Waals surface area contributed by atoms with Crippen molar-refractivity contribution in [1.82, 2.24) is 15.3 Å². The summed E-state index contributed by atoms with van der Waals surface area (Å²) in [6.07, 6.45) is 8.96. The molecule has 184 valence electrons. The molecule has 0 radical (unpaired) electrons. The second kappa shape index (κ2) is 9.13. The first kappa shape index (κ1) is 24.1. The number of carbonyl (C=O) groups excluding carboxylic acids is 1. The van der Waals surface area contributed by atoms with Crippen LogP contribution in [-0.4, -0.2) is 36.6 Å². The van der Waals surface area contributed by atoms with Crippen molar-refractivity contribution >= 4 is 26.6 Å². The van der Waals surface area contributed by atoms with Crippen molar-refractivity contribution in [3.8, 4) is 22.3 Å². The monoisotopic (exact) mass is 499 g/mol. The predicted octanol–water partition coefficient (Wildman–Crippen LogP) is 5.06. The summed E-state index contributed by atoms with van der Waals surface area (Å²) in [6.45, 7) is 3.47. The van der Waals surface area contributed by atoms with Gasteiger partial charge in [-0.1, -0.05) is 24.3 Å². The highest BCUT2D eigenvalue weighted by Crippen LogP contribution is 2.37. The number of rotatable bonds is 7. The maximum absolute atomic E-state index is 12.6. The van der Waals surface area contributed by atoms with Gasteiger partial charge in [0.2, 0.25) is 5.91 Å². The molecule has 7 heteroatoms. The minimum Gasteiger partial charge on any atom is -0.353 e. The predicted molar refractivity (Wildman–Crippen MR) is 143 cm³/mol. The fourth-order valence-electron chi connectivity index (χ4n) is 4.27. The van der Waals surface area contributed by atoms with Gasteiger partial charge in [-0.15, -0.1) is 0 Å². The molecule has 4 aromatic rings. The van der Waals surface area contributed by atoms with Gasteiger partial charge >= 0.3 is 0 Å². The highest BCUT2D eigenvalue weighted by atomic mass is 32.2. The van der Waals surface area contributed by atoms with Crippen LogP contribution in [0.3, 0.4) is 0 Å². The van der Waals surface area contributed by atoms with Crippen LogP contribution in [0.2, 0.25) is 0 Å². The Labute approximate surface area is 211 Å². The summed E-state index contributed by atoms with van der Waals surface area (Å²) >= 11 is 0. The number of nitrogens with zero attached hydrogens (tertiary/aromatic N) is 2. The summed E-state index contributed by atoms with van der Waals surface area (Å²) in [5.74, 6) is 0.0213. The van der Waals surface area contributed by atoms with Crippen molar-refractivity contribution in [2.24, 2.45) is 0 Å². The van der Waals surface area contributed by atoms with Crippen LogP contribution in [0.15, 0.2) is 73.2 Å². The van der Waals surface area contributed by atoms with Crippen LogP contribution in [0.5, 0.6) is 0 Å². The first-order valence-electron chi connectivity index (χ1n) is 12.0. The van der Waals surface area contributed by atoms with Crippen LogP contribution in [0.1, 0.15) is 37.8 Å². The number of nitrogens with one attached hydrogen (secondary N) is 1. The molecular formula is C29H29N3O3S. The lowest BCUT2D eigenvalue weighted by atomic mass is 9.92. The molecule has 1 amide bonds. The Morgan fingerprint density at radius 3 is 2.53 bits per heavy atom. The molecule has 2 aromatic heterocycles. The van der Waals surface area contributed by atoms with Crippen molar-refractivity contribution in [3.63, 3.8) is 0 Å². The molecule has 5 rings (SSSR count).